The molecule has 0 saturated carbocycles. The Balaban J connectivity index is 2.19. The van der Waals surface area contributed by atoms with E-state index in [1.54, 1.807) is 6.07 Å². The lowest BCUT2D eigenvalue weighted by Gasteiger charge is -1.93. The summed E-state index contributed by atoms with van der Waals surface area (Å²) in [6, 6.07) is 5.00. The predicted molar refractivity (Wildman–Crippen MR) is 62.1 cm³/mol. The summed E-state index contributed by atoms with van der Waals surface area (Å²) in [6.45, 7) is 0. The van der Waals surface area contributed by atoms with E-state index in [2.05, 4.69) is 15.0 Å². The predicted octanol–water partition coefficient (Wildman–Crippen LogP) is 2.20. The topological polar surface area (TPSA) is 61.5 Å². The minimum atomic E-state index is -0.943. The van der Waals surface area contributed by atoms with E-state index in [-0.39, 0.29) is 5.56 Å². The fraction of sp³-hybridized carbons (Fsp3) is 0. The van der Waals surface area contributed by atoms with Crippen LogP contribution in [-0.2, 0) is 0 Å². The summed E-state index contributed by atoms with van der Waals surface area (Å²) in [6.07, 6.45) is 1.48. The highest BCUT2D eigenvalue weighted by Gasteiger charge is 2.09. The maximum absolute atomic E-state index is 13.0. The Bertz CT molecular complexity index is 732. The van der Waals surface area contributed by atoms with Gasteiger partial charge in [-0.25, -0.2) is 13.8 Å². The molecule has 0 aliphatic rings. The second-order valence-electron chi connectivity index (χ2n) is 3.81. The van der Waals surface area contributed by atoms with Gasteiger partial charge < -0.3 is 9.97 Å². The summed E-state index contributed by atoms with van der Waals surface area (Å²) in [5.41, 5.74) is 1.13. The lowest BCUT2D eigenvalue weighted by molar-refractivity contribution is 0.510. The van der Waals surface area contributed by atoms with E-state index in [0.717, 1.165) is 12.1 Å². The van der Waals surface area contributed by atoms with E-state index in [9.17, 15) is 13.6 Å². The molecule has 0 bridgehead atoms. The van der Waals surface area contributed by atoms with Gasteiger partial charge in [-0.15, -0.1) is 0 Å². The van der Waals surface area contributed by atoms with Gasteiger partial charge in [0.05, 0.1) is 11.0 Å². The third kappa shape index (κ3) is 1.67. The van der Waals surface area contributed by atoms with Crippen molar-refractivity contribution in [1.29, 1.82) is 0 Å². The molecule has 4 nitrogen and oxygen atoms in total. The second kappa shape index (κ2) is 3.76. The van der Waals surface area contributed by atoms with Crippen molar-refractivity contribution in [2.24, 2.45) is 0 Å². The lowest BCUT2D eigenvalue weighted by atomic mass is 10.3. The van der Waals surface area contributed by atoms with Gasteiger partial charge in [-0.05, 0) is 6.07 Å². The van der Waals surface area contributed by atoms with Crippen LogP contribution in [0.4, 0.5) is 8.78 Å². The van der Waals surface area contributed by atoms with Crippen LogP contribution >= 0.6 is 0 Å². The molecule has 1 aromatic carbocycles. The molecule has 0 aliphatic heterocycles. The molecule has 0 fully saturated rings. The van der Waals surface area contributed by atoms with Crippen molar-refractivity contribution in [3.63, 3.8) is 0 Å². The maximum atomic E-state index is 13.0. The van der Waals surface area contributed by atoms with Gasteiger partial charge in [0.1, 0.15) is 5.82 Å². The smallest absolute Gasteiger partial charge is 0.247 e. The van der Waals surface area contributed by atoms with Crippen molar-refractivity contribution < 1.29 is 8.78 Å². The van der Waals surface area contributed by atoms with Gasteiger partial charge in [-0.2, -0.15) is 0 Å². The van der Waals surface area contributed by atoms with E-state index >= 15 is 0 Å². The first kappa shape index (κ1) is 10.6. The van der Waals surface area contributed by atoms with E-state index in [1.807, 2.05) is 0 Å². The van der Waals surface area contributed by atoms with Crippen molar-refractivity contribution in [1.82, 2.24) is 15.0 Å². The van der Waals surface area contributed by atoms with Gasteiger partial charge in [0.25, 0.3) is 0 Å². The molecule has 0 radical (unpaired) electrons. The number of hydrogen-bond acceptors (Lipinski definition) is 2. The van der Waals surface area contributed by atoms with E-state index in [1.165, 1.54) is 12.3 Å². The highest BCUT2D eigenvalue weighted by Crippen LogP contribution is 2.21. The van der Waals surface area contributed by atoms with E-state index < -0.39 is 11.6 Å². The zero-order valence-corrected chi connectivity index (χ0v) is 9.00. The highest BCUT2D eigenvalue weighted by atomic mass is 19.2. The summed E-state index contributed by atoms with van der Waals surface area (Å²) in [5.74, 6) is -1.44. The number of halogens is 2. The van der Waals surface area contributed by atoms with Crippen LogP contribution in [-0.4, -0.2) is 15.0 Å². The molecule has 2 N–H and O–H groups in total. The fourth-order valence-electron chi connectivity index (χ4n) is 1.70. The first-order valence-corrected chi connectivity index (χ1v) is 5.17. The van der Waals surface area contributed by atoms with Crippen LogP contribution < -0.4 is 5.56 Å². The molecule has 0 atom stereocenters. The molecule has 0 spiro atoms. The first-order chi connectivity index (χ1) is 8.63. The van der Waals surface area contributed by atoms with Gasteiger partial charge in [-0.1, -0.05) is 0 Å². The minimum Gasteiger partial charge on any atom is -0.338 e. The van der Waals surface area contributed by atoms with Crippen molar-refractivity contribution in [2.75, 3.05) is 0 Å². The van der Waals surface area contributed by atoms with Crippen molar-refractivity contribution in [2.45, 2.75) is 0 Å². The monoisotopic (exact) mass is 247 g/mol. The van der Waals surface area contributed by atoms with Crippen LogP contribution in [0.1, 0.15) is 0 Å². The van der Waals surface area contributed by atoms with Crippen LogP contribution in [0.5, 0.6) is 0 Å². The average molecular weight is 247 g/mol. The van der Waals surface area contributed by atoms with Gasteiger partial charge in [-0.3, -0.25) is 4.79 Å². The highest BCUT2D eigenvalue weighted by molar-refractivity contribution is 5.79. The molecular weight excluding hydrogens is 240 g/mol. The Morgan fingerprint density at radius 3 is 2.61 bits per heavy atom. The third-order valence-electron chi connectivity index (χ3n) is 2.58. The minimum absolute atomic E-state index is 0.230. The van der Waals surface area contributed by atoms with Crippen molar-refractivity contribution in [3.8, 4) is 11.4 Å². The summed E-state index contributed by atoms with van der Waals surface area (Å²) >= 11 is 0. The first-order valence-electron chi connectivity index (χ1n) is 5.17. The normalized spacial score (nSPS) is 11.0. The molecule has 6 heteroatoms. The summed E-state index contributed by atoms with van der Waals surface area (Å²) in [4.78, 5) is 20.4. The van der Waals surface area contributed by atoms with Gasteiger partial charge >= 0.3 is 0 Å². The van der Waals surface area contributed by atoms with Crippen LogP contribution in [0.3, 0.4) is 0 Å². The van der Waals surface area contributed by atoms with Crippen LogP contribution in [0.25, 0.3) is 22.4 Å². The zero-order chi connectivity index (χ0) is 12.7. The molecule has 18 heavy (non-hydrogen) atoms. The molecule has 0 unspecified atom stereocenters. The number of aromatic amines is 2. The molecule has 0 amide bonds. The molecule has 3 rings (SSSR count). The number of nitrogens with zero attached hydrogens (tertiary/aromatic N) is 1. The Labute approximate surface area is 99.3 Å². The van der Waals surface area contributed by atoms with Crippen LogP contribution in [0, 0.1) is 11.6 Å². The van der Waals surface area contributed by atoms with E-state index in [0.29, 0.717) is 22.4 Å². The molecule has 90 valence electrons. The lowest BCUT2D eigenvalue weighted by Crippen LogP contribution is -2.01. The fourth-order valence-corrected chi connectivity index (χ4v) is 1.70. The average Bonchev–Trinajstić information content (AvgIpc) is 2.73. The maximum Gasteiger partial charge on any atom is 0.247 e. The van der Waals surface area contributed by atoms with Crippen molar-refractivity contribution in [3.05, 3.63) is 52.5 Å². The standard InChI is InChI=1S/C12H7F2N3O/c13-7-3-9-10(4-8(7)14)17-12(16-9)6-1-2-11(18)15-5-6/h1-5H,(H,15,18)(H,16,17). The second-order valence-corrected chi connectivity index (χ2v) is 3.81. The Kier molecular flexibility index (Phi) is 2.22. The number of nitrogens with one attached hydrogen (secondary N) is 2. The molecular formula is C12H7F2N3O. The molecule has 3 aromatic rings. The molecule has 0 saturated heterocycles. The number of benzene rings is 1. The molecule has 0 aliphatic carbocycles. The Morgan fingerprint density at radius 2 is 1.89 bits per heavy atom. The van der Waals surface area contributed by atoms with Crippen LogP contribution in [0.15, 0.2) is 35.3 Å². The molecule has 2 heterocycles. The quantitative estimate of drug-likeness (QED) is 0.692. The zero-order valence-electron chi connectivity index (χ0n) is 9.00. The molecule has 2 aromatic heterocycles. The number of pyridine rings is 1. The van der Waals surface area contributed by atoms with E-state index in [4.69, 9.17) is 0 Å². The van der Waals surface area contributed by atoms with Gasteiger partial charge in [0.2, 0.25) is 5.56 Å². The summed E-state index contributed by atoms with van der Waals surface area (Å²) in [5, 5.41) is 0. The summed E-state index contributed by atoms with van der Waals surface area (Å²) in [7, 11) is 0. The summed E-state index contributed by atoms with van der Waals surface area (Å²) < 4.78 is 26.1. The van der Waals surface area contributed by atoms with Gasteiger partial charge in [0.15, 0.2) is 11.6 Å². The Morgan fingerprint density at radius 1 is 1.11 bits per heavy atom. The number of hydrogen-bond donors (Lipinski definition) is 2. The number of imidazole rings is 1. The number of H-pyrrole nitrogens is 2. The van der Waals surface area contributed by atoms with Crippen molar-refractivity contribution >= 4 is 11.0 Å². The number of fused-ring (bicyclic) bond motifs is 1. The SMILES string of the molecule is O=c1ccc(-c2nc3cc(F)c(F)cc3[nH]2)c[nH]1. The van der Waals surface area contributed by atoms with Gasteiger partial charge in [0, 0.05) is 30.0 Å². The largest absolute Gasteiger partial charge is 0.338 e. The third-order valence-corrected chi connectivity index (χ3v) is 2.58. The Hall–Kier alpha value is -2.50. The number of aromatic nitrogens is 3. The number of rotatable bonds is 1. The van der Waals surface area contributed by atoms with Crippen LogP contribution in [0.2, 0.25) is 0 Å².